The quantitative estimate of drug-likeness (QED) is 0.702. The highest BCUT2D eigenvalue weighted by Gasteiger charge is 2.19. The number of nitrogens with one attached hydrogen (secondary N) is 1. The van der Waals surface area contributed by atoms with Gasteiger partial charge in [-0.25, -0.2) is 5.10 Å². The van der Waals surface area contributed by atoms with Crippen LogP contribution in [-0.4, -0.2) is 34.1 Å². The molecule has 0 unspecified atom stereocenters. The molecule has 0 radical (unpaired) electrons. The van der Waals surface area contributed by atoms with E-state index in [4.69, 9.17) is 0 Å². The molecule has 1 aliphatic heterocycles. The van der Waals surface area contributed by atoms with Crippen molar-refractivity contribution in [2.45, 2.75) is 13.3 Å². The molecule has 1 amide bonds. The van der Waals surface area contributed by atoms with Gasteiger partial charge in [0.25, 0.3) is 11.5 Å². The molecule has 0 aromatic carbocycles. The second kappa shape index (κ2) is 4.30. The van der Waals surface area contributed by atoms with Crippen molar-refractivity contribution in [1.82, 2.24) is 15.1 Å². The van der Waals surface area contributed by atoms with E-state index < -0.39 is 0 Å². The van der Waals surface area contributed by atoms with E-state index in [-0.39, 0.29) is 17.2 Å². The van der Waals surface area contributed by atoms with E-state index in [1.54, 1.807) is 4.90 Å². The molecule has 1 aliphatic rings. The molecule has 0 saturated heterocycles. The zero-order chi connectivity index (χ0) is 11.5. The monoisotopic (exact) mass is 219 g/mol. The van der Waals surface area contributed by atoms with Gasteiger partial charge in [-0.15, -0.1) is 0 Å². The van der Waals surface area contributed by atoms with Gasteiger partial charge in [0.2, 0.25) is 0 Å². The zero-order valence-electron chi connectivity index (χ0n) is 9.06. The van der Waals surface area contributed by atoms with Crippen molar-refractivity contribution >= 4 is 5.91 Å². The van der Waals surface area contributed by atoms with Crippen molar-refractivity contribution in [3.8, 4) is 0 Å². The number of rotatable bonds is 1. The highest BCUT2D eigenvalue weighted by atomic mass is 16.2. The summed E-state index contributed by atoms with van der Waals surface area (Å²) in [5.41, 5.74) is 1.17. The Bertz CT molecular complexity index is 470. The fraction of sp³-hybridized carbons (Fsp3) is 0.364. The molecule has 0 saturated carbocycles. The van der Waals surface area contributed by atoms with Gasteiger partial charge in [0.05, 0.1) is 0 Å². The van der Waals surface area contributed by atoms with Crippen LogP contribution in [0.15, 0.2) is 28.6 Å². The number of hydrogen-bond acceptors (Lipinski definition) is 3. The van der Waals surface area contributed by atoms with Crippen LogP contribution in [0.5, 0.6) is 0 Å². The SMILES string of the molecule is CC1=CCCN(C(=O)c2ccc(=O)[nH]n2)C1. The van der Waals surface area contributed by atoms with Crippen molar-refractivity contribution < 1.29 is 4.79 Å². The van der Waals surface area contributed by atoms with Crippen LogP contribution in [-0.2, 0) is 0 Å². The van der Waals surface area contributed by atoms with Gasteiger partial charge in [0.1, 0.15) is 5.69 Å². The summed E-state index contributed by atoms with van der Waals surface area (Å²) in [6.07, 6.45) is 3.00. The smallest absolute Gasteiger partial charge is 0.274 e. The van der Waals surface area contributed by atoms with Gasteiger partial charge in [-0.05, 0) is 19.4 Å². The van der Waals surface area contributed by atoms with Crippen molar-refractivity contribution in [3.63, 3.8) is 0 Å². The average molecular weight is 219 g/mol. The number of aromatic nitrogens is 2. The molecule has 16 heavy (non-hydrogen) atoms. The Kier molecular flexibility index (Phi) is 2.85. The predicted molar refractivity (Wildman–Crippen MR) is 59.1 cm³/mol. The average Bonchev–Trinajstić information content (AvgIpc) is 2.29. The summed E-state index contributed by atoms with van der Waals surface area (Å²) in [4.78, 5) is 24.5. The largest absolute Gasteiger partial charge is 0.333 e. The molecule has 2 heterocycles. The predicted octanol–water partition coefficient (Wildman–Crippen LogP) is 0.562. The maximum Gasteiger partial charge on any atom is 0.274 e. The molecule has 1 aromatic heterocycles. The summed E-state index contributed by atoms with van der Waals surface area (Å²) >= 11 is 0. The summed E-state index contributed by atoms with van der Waals surface area (Å²) in [5, 5.41) is 5.99. The standard InChI is InChI=1S/C11H13N3O2/c1-8-3-2-6-14(7-8)11(16)9-4-5-10(15)13-12-9/h3-5H,2,6-7H2,1H3,(H,13,15). The second-order valence-corrected chi connectivity index (χ2v) is 3.87. The van der Waals surface area contributed by atoms with Crippen molar-refractivity contribution in [2.75, 3.05) is 13.1 Å². The summed E-state index contributed by atoms with van der Waals surface area (Å²) in [6.45, 7) is 3.34. The third-order valence-electron chi connectivity index (χ3n) is 2.52. The zero-order valence-corrected chi connectivity index (χ0v) is 9.06. The Hall–Kier alpha value is -1.91. The first kappa shape index (κ1) is 10.6. The first-order valence-electron chi connectivity index (χ1n) is 5.17. The van der Waals surface area contributed by atoms with Crippen molar-refractivity contribution in [3.05, 3.63) is 39.8 Å². The molecule has 5 nitrogen and oxygen atoms in total. The minimum atomic E-state index is -0.300. The lowest BCUT2D eigenvalue weighted by Gasteiger charge is -2.25. The maximum absolute atomic E-state index is 12.0. The van der Waals surface area contributed by atoms with E-state index >= 15 is 0 Å². The number of amides is 1. The number of nitrogens with zero attached hydrogens (tertiary/aromatic N) is 2. The Labute approximate surface area is 92.8 Å². The fourth-order valence-electron chi connectivity index (χ4n) is 1.71. The molecule has 0 spiro atoms. The van der Waals surface area contributed by atoms with Crippen molar-refractivity contribution in [1.29, 1.82) is 0 Å². The van der Waals surface area contributed by atoms with E-state index in [2.05, 4.69) is 16.3 Å². The minimum absolute atomic E-state index is 0.135. The number of aromatic amines is 1. The Morgan fingerprint density at radius 1 is 1.50 bits per heavy atom. The molecule has 5 heteroatoms. The molecule has 2 rings (SSSR count). The molecular formula is C11H13N3O2. The van der Waals surface area contributed by atoms with Crippen LogP contribution in [0.3, 0.4) is 0 Å². The summed E-state index contributed by atoms with van der Waals surface area (Å²) in [6, 6.07) is 2.77. The third-order valence-corrected chi connectivity index (χ3v) is 2.52. The maximum atomic E-state index is 12.0. The molecule has 0 bridgehead atoms. The van der Waals surface area contributed by atoms with Crippen LogP contribution in [0.4, 0.5) is 0 Å². The molecule has 0 fully saturated rings. The summed E-state index contributed by atoms with van der Waals surface area (Å²) in [5.74, 6) is -0.135. The second-order valence-electron chi connectivity index (χ2n) is 3.87. The topological polar surface area (TPSA) is 66.1 Å². The van der Waals surface area contributed by atoms with Gasteiger partial charge in [-0.3, -0.25) is 9.59 Å². The third kappa shape index (κ3) is 2.18. The van der Waals surface area contributed by atoms with Gasteiger partial charge in [0.15, 0.2) is 0 Å². The van der Waals surface area contributed by atoms with Gasteiger partial charge in [-0.1, -0.05) is 11.6 Å². The van der Waals surface area contributed by atoms with Crippen LogP contribution in [0.25, 0.3) is 0 Å². The van der Waals surface area contributed by atoms with E-state index in [0.717, 1.165) is 6.42 Å². The normalized spacial score (nSPS) is 15.8. The molecule has 0 atom stereocenters. The van der Waals surface area contributed by atoms with Crippen LogP contribution < -0.4 is 5.56 Å². The first-order valence-corrected chi connectivity index (χ1v) is 5.17. The minimum Gasteiger partial charge on any atom is -0.333 e. The summed E-state index contributed by atoms with van der Waals surface area (Å²) in [7, 11) is 0. The fourth-order valence-corrected chi connectivity index (χ4v) is 1.71. The van der Waals surface area contributed by atoms with E-state index in [1.807, 2.05) is 6.92 Å². The molecule has 84 valence electrons. The number of carbonyl (C=O) groups excluding carboxylic acids is 1. The van der Waals surface area contributed by atoms with E-state index in [0.29, 0.717) is 13.1 Å². The Morgan fingerprint density at radius 2 is 2.31 bits per heavy atom. The first-order chi connectivity index (χ1) is 7.66. The number of H-pyrrole nitrogens is 1. The Balaban J connectivity index is 2.16. The van der Waals surface area contributed by atoms with Gasteiger partial charge < -0.3 is 4.90 Å². The van der Waals surface area contributed by atoms with Gasteiger partial charge in [-0.2, -0.15) is 5.10 Å². The van der Waals surface area contributed by atoms with Crippen LogP contribution >= 0.6 is 0 Å². The van der Waals surface area contributed by atoms with Gasteiger partial charge >= 0.3 is 0 Å². The molecular weight excluding hydrogens is 206 g/mol. The Morgan fingerprint density at radius 3 is 2.94 bits per heavy atom. The highest BCUT2D eigenvalue weighted by molar-refractivity contribution is 5.92. The lowest BCUT2D eigenvalue weighted by atomic mass is 10.1. The molecule has 1 aromatic rings. The van der Waals surface area contributed by atoms with Crippen LogP contribution in [0.2, 0.25) is 0 Å². The number of hydrogen-bond donors (Lipinski definition) is 1. The molecule has 1 N–H and O–H groups in total. The lowest BCUT2D eigenvalue weighted by molar-refractivity contribution is 0.0759. The molecule has 0 aliphatic carbocycles. The lowest BCUT2D eigenvalue weighted by Crippen LogP contribution is -2.36. The van der Waals surface area contributed by atoms with E-state index in [9.17, 15) is 9.59 Å². The summed E-state index contributed by atoms with van der Waals surface area (Å²) < 4.78 is 0. The van der Waals surface area contributed by atoms with Crippen molar-refractivity contribution in [2.24, 2.45) is 0 Å². The van der Waals surface area contributed by atoms with Gasteiger partial charge in [0, 0.05) is 19.2 Å². The van der Waals surface area contributed by atoms with E-state index in [1.165, 1.54) is 17.7 Å². The van der Waals surface area contributed by atoms with Crippen LogP contribution in [0.1, 0.15) is 23.8 Å². The number of carbonyl (C=O) groups is 1. The highest BCUT2D eigenvalue weighted by Crippen LogP contribution is 2.11. The van der Waals surface area contributed by atoms with Crippen LogP contribution in [0, 0.1) is 0 Å².